The van der Waals surface area contributed by atoms with Crippen LogP contribution in [0.25, 0.3) is 11.0 Å². The Morgan fingerprint density at radius 3 is 2.90 bits per heavy atom. The van der Waals surface area contributed by atoms with Crippen LogP contribution in [0.2, 0.25) is 0 Å². The van der Waals surface area contributed by atoms with Gasteiger partial charge in [-0.15, -0.1) is 0 Å². The number of imidazole rings is 1. The van der Waals surface area contributed by atoms with Crippen molar-refractivity contribution in [2.24, 2.45) is 7.05 Å². The Balaban J connectivity index is 1.95. The van der Waals surface area contributed by atoms with E-state index in [1.165, 1.54) is 0 Å². The summed E-state index contributed by atoms with van der Waals surface area (Å²) < 4.78 is 3.70. The second-order valence-electron chi connectivity index (χ2n) is 4.64. The number of aryl methyl sites for hydroxylation is 3. The van der Waals surface area contributed by atoms with Gasteiger partial charge in [0.05, 0.1) is 16.8 Å². The zero-order valence-corrected chi connectivity index (χ0v) is 11.1. The molecule has 6 nitrogen and oxygen atoms in total. The predicted octanol–water partition coefficient (Wildman–Crippen LogP) is 1.47. The maximum absolute atomic E-state index is 9.09. The fourth-order valence-electron chi connectivity index (χ4n) is 2.31. The molecular weight excluding hydrogens is 252 g/mol. The number of rotatable bonds is 3. The van der Waals surface area contributed by atoms with E-state index in [-0.39, 0.29) is 0 Å². The molecule has 100 valence electrons. The van der Waals surface area contributed by atoms with Gasteiger partial charge < -0.3 is 10.3 Å². The van der Waals surface area contributed by atoms with Crippen molar-refractivity contribution in [3.8, 4) is 6.07 Å². The van der Waals surface area contributed by atoms with Gasteiger partial charge in [0.2, 0.25) is 5.95 Å². The highest BCUT2D eigenvalue weighted by Gasteiger charge is 2.11. The van der Waals surface area contributed by atoms with Crippen molar-refractivity contribution in [3.05, 3.63) is 41.7 Å². The maximum Gasteiger partial charge on any atom is 0.201 e. The molecule has 2 N–H and O–H groups in total. The third kappa shape index (κ3) is 1.99. The number of para-hydroxylation sites is 1. The summed E-state index contributed by atoms with van der Waals surface area (Å²) >= 11 is 0. The van der Waals surface area contributed by atoms with Crippen LogP contribution in [-0.4, -0.2) is 19.3 Å². The summed E-state index contributed by atoms with van der Waals surface area (Å²) in [6.45, 7) is 0.689. The van der Waals surface area contributed by atoms with E-state index in [1.54, 1.807) is 10.7 Å². The number of benzene rings is 1. The molecule has 0 atom stereocenters. The SMILES string of the molecule is Cn1ccc(CCn2c(N)nc3c(C#N)cccc32)n1. The topological polar surface area (TPSA) is 85.5 Å². The highest BCUT2D eigenvalue weighted by Crippen LogP contribution is 2.21. The van der Waals surface area contributed by atoms with E-state index in [1.807, 2.05) is 36.0 Å². The van der Waals surface area contributed by atoms with E-state index in [0.717, 1.165) is 17.6 Å². The largest absolute Gasteiger partial charge is 0.369 e. The standard InChI is InChI=1S/C14H14N6/c1-19-7-5-11(18-19)6-8-20-12-4-2-3-10(9-15)13(12)17-14(20)16/h2-5,7H,6,8H2,1H3,(H2,16,17). The fourth-order valence-corrected chi connectivity index (χ4v) is 2.31. The molecule has 0 radical (unpaired) electrons. The van der Waals surface area contributed by atoms with Crippen LogP contribution in [0.3, 0.4) is 0 Å². The molecule has 0 bridgehead atoms. The molecule has 2 aromatic heterocycles. The number of aromatic nitrogens is 4. The molecule has 3 rings (SSSR count). The maximum atomic E-state index is 9.09. The lowest BCUT2D eigenvalue weighted by Crippen LogP contribution is -2.06. The highest BCUT2D eigenvalue weighted by atomic mass is 15.2. The summed E-state index contributed by atoms with van der Waals surface area (Å²) in [4.78, 5) is 4.29. The Hall–Kier alpha value is -2.81. The van der Waals surface area contributed by atoms with Gasteiger partial charge in [0.15, 0.2) is 0 Å². The number of nitriles is 1. The van der Waals surface area contributed by atoms with E-state index in [9.17, 15) is 0 Å². The smallest absolute Gasteiger partial charge is 0.201 e. The monoisotopic (exact) mass is 266 g/mol. The molecular formula is C14H14N6. The molecule has 0 saturated heterocycles. The van der Waals surface area contributed by atoms with Gasteiger partial charge >= 0.3 is 0 Å². The van der Waals surface area contributed by atoms with Gasteiger partial charge in [0.1, 0.15) is 11.6 Å². The first-order valence-electron chi connectivity index (χ1n) is 6.32. The average Bonchev–Trinajstić information content (AvgIpc) is 2.99. The molecule has 2 heterocycles. The van der Waals surface area contributed by atoms with Crippen LogP contribution in [0.5, 0.6) is 0 Å². The van der Waals surface area contributed by atoms with E-state index in [2.05, 4.69) is 16.2 Å². The minimum absolute atomic E-state index is 0.429. The molecule has 0 spiro atoms. The zero-order valence-electron chi connectivity index (χ0n) is 11.1. The van der Waals surface area contributed by atoms with E-state index >= 15 is 0 Å². The zero-order chi connectivity index (χ0) is 14.1. The normalized spacial score (nSPS) is 10.8. The predicted molar refractivity (Wildman–Crippen MR) is 75.8 cm³/mol. The molecule has 0 aliphatic rings. The molecule has 0 aliphatic carbocycles. The molecule has 0 amide bonds. The molecule has 0 saturated carbocycles. The lowest BCUT2D eigenvalue weighted by atomic mass is 10.2. The fraction of sp³-hybridized carbons (Fsp3) is 0.214. The minimum Gasteiger partial charge on any atom is -0.369 e. The van der Waals surface area contributed by atoms with Crippen molar-refractivity contribution >= 4 is 17.0 Å². The number of nitrogen functional groups attached to an aromatic ring is 1. The quantitative estimate of drug-likeness (QED) is 0.777. The van der Waals surface area contributed by atoms with E-state index in [0.29, 0.717) is 23.6 Å². The molecule has 0 fully saturated rings. The van der Waals surface area contributed by atoms with Gasteiger partial charge in [-0.05, 0) is 18.2 Å². The van der Waals surface area contributed by atoms with Crippen LogP contribution >= 0.6 is 0 Å². The Morgan fingerprint density at radius 2 is 2.20 bits per heavy atom. The second kappa shape index (κ2) is 4.70. The van der Waals surface area contributed by atoms with Crippen LogP contribution in [0.15, 0.2) is 30.5 Å². The second-order valence-corrected chi connectivity index (χ2v) is 4.64. The van der Waals surface area contributed by atoms with Crippen LogP contribution in [-0.2, 0) is 20.0 Å². The lowest BCUT2D eigenvalue weighted by molar-refractivity contribution is 0.683. The molecule has 0 unspecified atom stereocenters. The number of hydrogen-bond donors (Lipinski definition) is 1. The van der Waals surface area contributed by atoms with Crippen LogP contribution in [0.1, 0.15) is 11.3 Å². The van der Waals surface area contributed by atoms with Crippen molar-refractivity contribution in [3.63, 3.8) is 0 Å². The third-order valence-corrected chi connectivity index (χ3v) is 3.29. The molecule has 20 heavy (non-hydrogen) atoms. The summed E-state index contributed by atoms with van der Waals surface area (Å²) in [6.07, 6.45) is 2.69. The molecule has 6 heteroatoms. The Labute approximate surface area is 116 Å². The first-order valence-corrected chi connectivity index (χ1v) is 6.32. The Bertz CT molecular complexity index is 805. The first kappa shape index (κ1) is 12.2. The first-order chi connectivity index (χ1) is 9.69. The van der Waals surface area contributed by atoms with Gasteiger partial charge in [0, 0.05) is 26.2 Å². The van der Waals surface area contributed by atoms with Gasteiger partial charge in [0.25, 0.3) is 0 Å². The average molecular weight is 266 g/mol. The van der Waals surface area contributed by atoms with Gasteiger partial charge in [-0.25, -0.2) is 4.98 Å². The van der Waals surface area contributed by atoms with Crippen molar-refractivity contribution < 1.29 is 0 Å². The third-order valence-electron chi connectivity index (χ3n) is 3.29. The summed E-state index contributed by atoms with van der Waals surface area (Å²) in [5.74, 6) is 0.429. The lowest BCUT2D eigenvalue weighted by Gasteiger charge is -2.04. The van der Waals surface area contributed by atoms with Crippen molar-refractivity contribution in [1.82, 2.24) is 19.3 Å². The van der Waals surface area contributed by atoms with E-state index < -0.39 is 0 Å². The number of fused-ring (bicyclic) bond motifs is 1. The van der Waals surface area contributed by atoms with Crippen molar-refractivity contribution in [1.29, 1.82) is 5.26 Å². The van der Waals surface area contributed by atoms with Crippen LogP contribution < -0.4 is 5.73 Å². The van der Waals surface area contributed by atoms with Gasteiger partial charge in [-0.2, -0.15) is 10.4 Å². The Kier molecular flexibility index (Phi) is 2.88. The number of hydrogen-bond acceptors (Lipinski definition) is 4. The summed E-state index contributed by atoms with van der Waals surface area (Å²) in [5.41, 5.74) is 9.06. The summed E-state index contributed by atoms with van der Waals surface area (Å²) in [6, 6.07) is 9.65. The molecule has 1 aromatic carbocycles. The number of nitrogens with zero attached hydrogens (tertiary/aromatic N) is 5. The van der Waals surface area contributed by atoms with E-state index in [4.69, 9.17) is 11.0 Å². The van der Waals surface area contributed by atoms with Gasteiger partial charge in [-0.3, -0.25) is 4.68 Å². The van der Waals surface area contributed by atoms with Crippen molar-refractivity contribution in [2.45, 2.75) is 13.0 Å². The van der Waals surface area contributed by atoms with Crippen LogP contribution in [0.4, 0.5) is 5.95 Å². The van der Waals surface area contributed by atoms with Crippen molar-refractivity contribution in [2.75, 3.05) is 5.73 Å². The minimum atomic E-state index is 0.429. The molecule has 3 aromatic rings. The number of nitrogens with two attached hydrogens (primary N) is 1. The van der Waals surface area contributed by atoms with Crippen LogP contribution in [0, 0.1) is 11.3 Å². The molecule has 0 aliphatic heterocycles. The highest BCUT2D eigenvalue weighted by molar-refractivity contribution is 5.83. The van der Waals surface area contributed by atoms with Gasteiger partial charge in [-0.1, -0.05) is 6.07 Å². The number of anilines is 1. The summed E-state index contributed by atoms with van der Waals surface area (Å²) in [5, 5.41) is 13.4. The summed E-state index contributed by atoms with van der Waals surface area (Å²) in [7, 11) is 1.89. The Morgan fingerprint density at radius 1 is 1.35 bits per heavy atom.